The largest absolute Gasteiger partial charge is 0.479 e. The lowest BCUT2D eigenvalue weighted by atomic mass is 9.90. The molecule has 1 aromatic carbocycles. The van der Waals surface area contributed by atoms with Crippen LogP contribution < -0.4 is 16.0 Å². The van der Waals surface area contributed by atoms with Crippen LogP contribution in [0.1, 0.15) is 64.3 Å². The van der Waals surface area contributed by atoms with E-state index in [9.17, 15) is 14.3 Å². The summed E-state index contributed by atoms with van der Waals surface area (Å²) in [5.74, 6) is -4.22. The Hall–Kier alpha value is -3.00. The molecule has 0 fully saturated rings. The van der Waals surface area contributed by atoms with Crippen molar-refractivity contribution >= 4 is 32.6 Å². The molecule has 37 heavy (non-hydrogen) atoms. The molecular weight excluding hydrogens is 502 g/mol. The van der Waals surface area contributed by atoms with Crippen molar-refractivity contribution in [1.82, 2.24) is 15.5 Å². The summed E-state index contributed by atoms with van der Waals surface area (Å²) in [6.45, 7) is 14.1. The normalized spacial score (nSPS) is 19.9. The number of alkyl halides is 3. The number of carbonyl (C=O) groups is 1. The van der Waals surface area contributed by atoms with Crippen molar-refractivity contribution in [3.05, 3.63) is 59.5 Å². The van der Waals surface area contributed by atoms with Gasteiger partial charge in [0.2, 0.25) is 5.96 Å². The number of rotatable bonds is 6. The highest BCUT2D eigenvalue weighted by molar-refractivity contribution is 7.18. The summed E-state index contributed by atoms with van der Waals surface area (Å²) in [7, 11) is 5.31. The predicted molar refractivity (Wildman–Crippen MR) is 149 cm³/mol. The molecule has 3 rings (SSSR count). The van der Waals surface area contributed by atoms with Crippen LogP contribution in [0.5, 0.6) is 0 Å². The number of nitrogens with zero attached hydrogens (tertiary/aromatic N) is 2. The van der Waals surface area contributed by atoms with E-state index in [0.717, 1.165) is 6.92 Å². The van der Waals surface area contributed by atoms with Gasteiger partial charge in [-0.2, -0.15) is 0 Å². The molecule has 0 aromatic heterocycles. The third-order valence-electron chi connectivity index (χ3n) is 5.54. The lowest BCUT2D eigenvalue weighted by Crippen LogP contribution is -2.46. The van der Waals surface area contributed by atoms with Crippen molar-refractivity contribution in [2.24, 2.45) is 4.99 Å². The highest BCUT2D eigenvalue weighted by Gasteiger charge is 2.41. The molecule has 0 saturated carbocycles. The fourth-order valence-corrected chi connectivity index (χ4v) is 3.89. The summed E-state index contributed by atoms with van der Waals surface area (Å²) in [5, 5.41) is 16.0. The summed E-state index contributed by atoms with van der Waals surface area (Å²) in [5.41, 5.74) is 1.42. The zero-order valence-electron chi connectivity index (χ0n) is 22.7. The number of dihydropyridines is 1. The minimum atomic E-state index is -3.36. The maximum Gasteiger partial charge on any atom is 0.332 e. The zero-order chi connectivity index (χ0) is 28.7. The molecule has 0 bridgehead atoms. The number of allylic oxidation sites excluding steroid dienone is 2. The topological polar surface area (TPSA) is 89.0 Å². The van der Waals surface area contributed by atoms with Crippen molar-refractivity contribution in [2.75, 3.05) is 19.4 Å². The molecule has 0 amide bonds. The molecule has 4 atom stereocenters. The average Bonchev–Trinajstić information content (AvgIpc) is 2.85. The summed E-state index contributed by atoms with van der Waals surface area (Å²) < 4.78 is 45.1. The average molecular weight is 542 g/mol. The predicted octanol–water partition coefficient (Wildman–Crippen LogP) is 5.81. The van der Waals surface area contributed by atoms with Crippen molar-refractivity contribution in [3.8, 4) is 0 Å². The number of carboxylic acid groups (broad SMARTS) is 1. The Morgan fingerprint density at radius 1 is 1.24 bits per heavy atom. The van der Waals surface area contributed by atoms with E-state index in [4.69, 9.17) is 0 Å². The number of halogens is 3. The number of aliphatic carboxylic acids is 1. The molecule has 11 heteroatoms. The Morgan fingerprint density at radius 2 is 1.84 bits per heavy atom. The Bertz CT molecular complexity index is 1080. The first-order valence-electron chi connectivity index (χ1n) is 12.1. The van der Waals surface area contributed by atoms with Gasteiger partial charge in [-0.1, -0.05) is 43.5 Å². The molecule has 2 heterocycles. The van der Waals surface area contributed by atoms with Crippen LogP contribution in [0, 0.1) is 0 Å². The number of hydrogen-bond acceptors (Lipinski definition) is 4. The van der Waals surface area contributed by atoms with Crippen molar-refractivity contribution < 1.29 is 23.1 Å². The maximum absolute atomic E-state index is 15.0. The van der Waals surface area contributed by atoms with Crippen LogP contribution in [0.4, 0.5) is 18.9 Å². The number of carboxylic acids is 1. The highest BCUT2D eigenvalue weighted by atomic mass is 31.0. The Kier molecular flexibility index (Phi) is 11.2. The van der Waals surface area contributed by atoms with Gasteiger partial charge in [-0.15, -0.1) is 0 Å². The SMILES string of the molecule is C=C1c2cc(C(C)(F)P)cc(C(NC3=CC=CNC3C(=O)O)C(C)(F)F)c2NC(=NC)N1C.CC.CC. The molecule has 0 aliphatic carbocycles. The van der Waals surface area contributed by atoms with Gasteiger partial charge in [0.05, 0.1) is 5.69 Å². The second-order valence-corrected chi connectivity index (χ2v) is 9.28. The number of aliphatic imine (C=N–C) groups is 1. The number of fused-ring (bicyclic) bond motifs is 1. The smallest absolute Gasteiger partial charge is 0.332 e. The quantitative estimate of drug-likeness (QED) is 0.340. The van der Waals surface area contributed by atoms with Gasteiger partial charge in [-0.25, -0.2) is 18.0 Å². The van der Waals surface area contributed by atoms with E-state index in [-0.39, 0.29) is 16.8 Å². The Labute approximate surface area is 220 Å². The lowest BCUT2D eigenvalue weighted by molar-refractivity contribution is -0.138. The van der Waals surface area contributed by atoms with Crippen LogP contribution in [0.3, 0.4) is 0 Å². The fourth-order valence-electron chi connectivity index (χ4n) is 3.72. The van der Waals surface area contributed by atoms with Gasteiger partial charge in [0.1, 0.15) is 11.5 Å². The van der Waals surface area contributed by atoms with Gasteiger partial charge < -0.3 is 26.0 Å². The first kappa shape index (κ1) is 32.0. The molecule has 2 aliphatic rings. The first-order chi connectivity index (χ1) is 17.3. The number of anilines is 1. The molecule has 1 aromatic rings. The van der Waals surface area contributed by atoms with Gasteiger partial charge in [0, 0.05) is 43.5 Å². The fraction of sp³-hybridized carbons (Fsp3) is 0.462. The van der Waals surface area contributed by atoms with Crippen molar-refractivity contribution in [2.45, 2.75) is 65.0 Å². The molecule has 0 radical (unpaired) electrons. The van der Waals surface area contributed by atoms with Crippen molar-refractivity contribution in [3.63, 3.8) is 0 Å². The molecule has 206 valence electrons. The minimum Gasteiger partial charge on any atom is -0.479 e. The number of nitrogens with one attached hydrogen (secondary N) is 3. The van der Waals surface area contributed by atoms with E-state index in [1.807, 2.05) is 27.7 Å². The molecular formula is C26H39F3N5O2P. The van der Waals surface area contributed by atoms with Gasteiger partial charge in [0.25, 0.3) is 5.92 Å². The van der Waals surface area contributed by atoms with E-state index >= 15 is 8.78 Å². The van der Waals surface area contributed by atoms with Gasteiger partial charge >= 0.3 is 5.97 Å². The van der Waals surface area contributed by atoms with E-state index in [1.54, 1.807) is 25.1 Å². The second-order valence-electron chi connectivity index (χ2n) is 8.19. The van der Waals surface area contributed by atoms with Crippen LogP contribution in [-0.2, 0) is 10.2 Å². The summed E-state index contributed by atoms with van der Waals surface area (Å²) >= 11 is 0. The number of guanidine groups is 1. The third kappa shape index (κ3) is 7.28. The third-order valence-corrected chi connectivity index (χ3v) is 5.87. The van der Waals surface area contributed by atoms with Crippen molar-refractivity contribution in [1.29, 1.82) is 0 Å². The van der Waals surface area contributed by atoms with E-state index < -0.39 is 29.4 Å². The highest BCUT2D eigenvalue weighted by Crippen LogP contribution is 2.45. The van der Waals surface area contributed by atoms with Crippen LogP contribution in [-0.4, -0.2) is 48.0 Å². The van der Waals surface area contributed by atoms with Crippen LogP contribution in [0.2, 0.25) is 0 Å². The lowest BCUT2D eigenvalue weighted by Gasteiger charge is -2.37. The van der Waals surface area contributed by atoms with Gasteiger partial charge in [0.15, 0.2) is 6.04 Å². The molecule has 4 unspecified atom stereocenters. The summed E-state index contributed by atoms with van der Waals surface area (Å²) in [6.07, 6.45) is 4.34. The summed E-state index contributed by atoms with van der Waals surface area (Å²) in [6, 6.07) is -0.0304. The van der Waals surface area contributed by atoms with Crippen LogP contribution >= 0.6 is 9.24 Å². The molecule has 7 nitrogen and oxygen atoms in total. The molecule has 4 N–H and O–H groups in total. The minimum absolute atomic E-state index is 0.0423. The zero-order valence-corrected chi connectivity index (χ0v) is 23.9. The Morgan fingerprint density at radius 3 is 2.32 bits per heavy atom. The molecule has 2 aliphatic heterocycles. The van der Waals surface area contributed by atoms with Crippen LogP contribution in [0.15, 0.2) is 47.8 Å². The van der Waals surface area contributed by atoms with Gasteiger partial charge in [-0.05, 0) is 43.0 Å². The first-order valence-corrected chi connectivity index (χ1v) is 12.7. The standard InChI is InChI=1S/C22H27F3N5O2P.2C2H6/c1-11-13-9-12(22(3,25)33)10-14(16(13)29-20(26-4)30(11)5)18(21(2,23)24)28-15-7-6-8-27-17(15)19(31)32;2*1-2/h6-10,17-18,27-28H,1,33H2,2-5H3,(H,26,29)(H,31,32);2*1-2H3. The van der Waals surface area contributed by atoms with E-state index in [2.05, 4.69) is 36.8 Å². The maximum atomic E-state index is 15.0. The molecule has 0 spiro atoms. The van der Waals surface area contributed by atoms with Gasteiger partial charge in [-0.3, -0.25) is 4.99 Å². The molecule has 0 saturated heterocycles. The van der Waals surface area contributed by atoms with Crippen LogP contribution in [0.25, 0.3) is 5.70 Å². The van der Waals surface area contributed by atoms with E-state index in [0.29, 0.717) is 22.9 Å². The Balaban J connectivity index is 0.00000163. The monoisotopic (exact) mass is 541 g/mol. The summed E-state index contributed by atoms with van der Waals surface area (Å²) in [4.78, 5) is 17.4. The number of hydrogen-bond donors (Lipinski definition) is 4. The van der Waals surface area contributed by atoms with E-state index in [1.165, 1.54) is 31.3 Å². The second kappa shape index (κ2) is 13.0. The number of benzene rings is 1.